The van der Waals surface area contributed by atoms with E-state index in [0.717, 1.165) is 28.2 Å². The normalized spacial score (nSPS) is 10.8. The number of aromatic amines is 1. The minimum atomic E-state index is 0.706. The zero-order valence-corrected chi connectivity index (χ0v) is 11.6. The molecule has 0 amide bonds. The molecular formula is C15H15N3O2. The second kappa shape index (κ2) is 4.85. The van der Waals surface area contributed by atoms with E-state index in [0.29, 0.717) is 11.4 Å². The number of benzene rings is 1. The molecule has 0 atom stereocenters. The number of pyridine rings is 1. The van der Waals surface area contributed by atoms with Gasteiger partial charge in [-0.1, -0.05) is 0 Å². The lowest BCUT2D eigenvalue weighted by molar-refractivity contribution is 0.395. The van der Waals surface area contributed by atoms with E-state index < -0.39 is 0 Å². The van der Waals surface area contributed by atoms with Gasteiger partial charge >= 0.3 is 0 Å². The van der Waals surface area contributed by atoms with Crippen LogP contribution in [-0.2, 0) is 0 Å². The first kappa shape index (κ1) is 12.5. The average Bonchev–Trinajstić information content (AvgIpc) is 2.92. The van der Waals surface area contributed by atoms with E-state index in [-0.39, 0.29) is 0 Å². The number of H-pyrrole nitrogens is 1. The molecular weight excluding hydrogens is 254 g/mol. The molecule has 0 aliphatic heterocycles. The highest BCUT2D eigenvalue weighted by Gasteiger charge is 2.13. The highest BCUT2D eigenvalue weighted by atomic mass is 16.5. The van der Waals surface area contributed by atoms with Gasteiger partial charge in [-0.15, -0.1) is 0 Å². The smallest absolute Gasteiger partial charge is 0.178 e. The number of aryl methyl sites for hydroxylation is 1. The van der Waals surface area contributed by atoms with E-state index in [4.69, 9.17) is 9.47 Å². The van der Waals surface area contributed by atoms with Crippen molar-refractivity contribution >= 4 is 11.2 Å². The molecule has 0 bridgehead atoms. The first-order valence-electron chi connectivity index (χ1n) is 6.26. The van der Waals surface area contributed by atoms with Crippen LogP contribution >= 0.6 is 0 Å². The minimum absolute atomic E-state index is 0.706. The molecule has 20 heavy (non-hydrogen) atoms. The van der Waals surface area contributed by atoms with Gasteiger partial charge in [0.15, 0.2) is 5.65 Å². The molecule has 5 nitrogen and oxygen atoms in total. The molecule has 0 aliphatic rings. The number of aromatic nitrogens is 3. The van der Waals surface area contributed by atoms with E-state index in [1.807, 2.05) is 31.2 Å². The zero-order valence-electron chi connectivity index (χ0n) is 11.6. The van der Waals surface area contributed by atoms with Crippen molar-refractivity contribution in [1.29, 1.82) is 0 Å². The van der Waals surface area contributed by atoms with Crippen molar-refractivity contribution in [2.45, 2.75) is 6.92 Å². The Hall–Kier alpha value is -2.56. The summed E-state index contributed by atoms with van der Waals surface area (Å²) in [7, 11) is 3.26. The lowest BCUT2D eigenvalue weighted by atomic mass is 10.2. The average molecular weight is 269 g/mol. The molecule has 1 aromatic carbocycles. The first-order chi connectivity index (χ1) is 9.72. The van der Waals surface area contributed by atoms with Gasteiger partial charge in [-0.2, -0.15) is 0 Å². The van der Waals surface area contributed by atoms with E-state index >= 15 is 0 Å². The van der Waals surface area contributed by atoms with Crippen molar-refractivity contribution in [3.63, 3.8) is 0 Å². The van der Waals surface area contributed by atoms with Gasteiger partial charge in [-0.25, -0.2) is 9.97 Å². The van der Waals surface area contributed by atoms with Gasteiger partial charge in [0.25, 0.3) is 0 Å². The van der Waals surface area contributed by atoms with Gasteiger partial charge in [0.05, 0.1) is 25.3 Å². The summed E-state index contributed by atoms with van der Waals surface area (Å²) in [6.45, 7) is 2.03. The number of hydrogen-bond acceptors (Lipinski definition) is 4. The topological polar surface area (TPSA) is 60.0 Å². The van der Waals surface area contributed by atoms with Crippen molar-refractivity contribution in [1.82, 2.24) is 15.0 Å². The van der Waals surface area contributed by atoms with Gasteiger partial charge in [0.1, 0.15) is 17.3 Å². The molecule has 0 saturated heterocycles. The number of hydrogen-bond donors (Lipinski definition) is 1. The van der Waals surface area contributed by atoms with Crippen LogP contribution in [0.15, 0.2) is 30.5 Å². The third-order valence-electron chi connectivity index (χ3n) is 3.26. The molecule has 1 N–H and O–H groups in total. The SMILES string of the molecule is COc1ccc(-c2nc3nccc(C)c3[nH]2)c(OC)c1. The third-order valence-corrected chi connectivity index (χ3v) is 3.26. The number of imidazole rings is 1. The lowest BCUT2D eigenvalue weighted by Gasteiger charge is -2.08. The number of fused-ring (bicyclic) bond motifs is 1. The maximum Gasteiger partial charge on any atom is 0.178 e. The molecule has 0 fully saturated rings. The Bertz CT molecular complexity index is 765. The quantitative estimate of drug-likeness (QED) is 0.794. The monoisotopic (exact) mass is 269 g/mol. The summed E-state index contributed by atoms with van der Waals surface area (Å²) in [5, 5.41) is 0. The fourth-order valence-corrected chi connectivity index (χ4v) is 2.16. The fourth-order valence-electron chi connectivity index (χ4n) is 2.16. The third kappa shape index (κ3) is 1.97. The predicted molar refractivity (Wildman–Crippen MR) is 77.2 cm³/mol. The second-order valence-electron chi connectivity index (χ2n) is 4.48. The van der Waals surface area contributed by atoms with Crippen LogP contribution in [-0.4, -0.2) is 29.2 Å². The summed E-state index contributed by atoms with van der Waals surface area (Å²) in [6.07, 6.45) is 1.76. The Balaban J connectivity index is 2.17. The predicted octanol–water partition coefficient (Wildman–Crippen LogP) is 2.95. The molecule has 3 rings (SSSR count). The summed E-state index contributed by atoms with van der Waals surface area (Å²) in [6, 6.07) is 7.59. The van der Waals surface area contributed by atoms with Crippen LogP contribution in [0, 0.1) is 6.92 Å². The van der Waals surface area contributed by atoms with Gasteiger partial charge < -0.3 is 14.5 Å². The standard InChI is InChI=1S/C15H15N3O2/c1-9-6-7-16-15-13(9)17-14(18-15)11-5-4-10(19-2)8-12(11)20-3/h4-8H,1-3H3,(H,16,17,18). The van der Waals surface area contributed by atoms with Gasteiger partial charge in [-0.05, 0) is 30.7 Å². The van der Waals surface area contributed by atoms with Crippen LogP contribution in [0.4, 0.5) is 0 Å². The summed E-state index contributed by atoms with van der Waals surface area (Å²) in [4.78, 5) is 12.1. The Labute approximate surface area is 116 Å². The highest BCUT2D eigenvalue weighted by Crippen LogP contribution is 2.32. The molecule has 0 spiro atoms. The summed E-state index contributed by atoms with van der Waals surface area (Å²) >= 11 is 0. The number of methoxy groups -OCH3 is 2. The molecule has 5 heteroatoms. The maximum atomic E-state index is 5.41. The Morgan fingerprint density at radius 3 is 2.65 bits per heavy atom. The van der Waals surface area contributed by atoms with Crippen LogP contribution in [0.1, 0.15) is 5.56 Å². The molecule has 3 aromatic rings. The first-order valence-corrected chi connectivity index (χ1v) is 6.26. The largest absolute Gasteiger partial charge is 0.497 e. The number of ether oxygens (including phenoxy) is 2. The summed E-state index contributed by atoms with van der Waals surface area (Å²) < 4.78 is 10.6. The summed E-state index contributed by atoms with van der Waals surface area (Å²) in [5.74, 6) is 2.19. The molecule has 2 heterocycles. The molecule has 0 unspecified atom stereocenters. The van der Waals surface area contributed by atoms with Crippen molar-refractivity contribution in [3.8, 4) is 22.9 Å². The van der Waals surface area contributed by atoms with E-state index in [9.17, 15) is 0 Å². The fraction of sp³-hybridized carbons (Fsp3) is 0.200. The van der Waals surface area contributed by atoms with E-state index in [1.54, 1.807) is 20.4 Å². The number of nitrogens with zero attached hydrogens (tertiary/aromatic N) is 2. The van der Waals surface area contributed by atoms with Gasteiger partial charge in [0.2, 0.25) is 0 Å². The van der Waals surface area contributed by atoms with E-state index in [2.05, 4.69) is 15.0 Å². The molecule has 102 valence electrons. The Morgan fingerprint density at radius 1 is 1.10 bits per heavy atom. The number of nitrogens with one attached hydrogen (secondary N) is 1. The van der Waals surface area contributed by atoms with Crippen LogP contribution in [0.5, 0.6) is 11.5 Å². The van der Waals surface area contributed by atoms with E-state index in [1.165, 1.54) is 0 Å². The second-order valence-corrected chi connectivity index (χ2v) is 4.48. The zero-order chi connectivity index (χ0) is 14.1. The van der Waals surface area contributed by atoms with Crippen LogP contribution in [0.25, 0.3) is 22.6 Å². The molecule has 0 radical (unpaired) electrons. The molecule has 2 aromatic heterocycles. The van der Waals surface area contributed by atoms with Crippen molar-refractivity contribution in [3.05, 3.63) is 36.0 Å². The van der Waals surface area contributed by atoms with Crippen LogP contribution in [0.2, 0.25) is 0 Å². The summed E-state index contributed by atoms with van der Waals surface area (Å²) in [5.41, 5.74) is 3.64. The van der Waals surface area contributed by atoms with Crippen molar-refractivity contribution in [2.75, 3.05) is 14.2 Å². The Kier molecular flexibility index (Phi) is 3.02. The lowest BCUT2D eigenvalue weighted by Crippen LogP contribution is -1.91. The minimum Gasteiger partial charge on any atom is -0.497 e. The Morgan fingerprint density at radius 2 is 1.95 bits per heavy atom. The van der Waals surface area contributed by atoms with Crippen molar-refractivity contribution < 1.29 is 9.47 Å². The van der Waals surface area contributed by atoms with Crippen LogP contribution < -0.4 is 9.47 Å². The highest BCUT2D eigenvalue weighted by molar-refractivity contribution is 5.80. The molecule has 0 aliphatic carbocycles. The van der Waals surface area contributed by atoms with Crippen molar-refractivity contribution in [2.24, 2.45) is 0 Å². The van der Waals surface area contributed by atoms with Gasteiger partial charge in [-0.3, -0.25) is 0 Å². The van der Waals surface area contributed by atoms with Crippen LogP contribution in [0.3, 0.4) is 0 Å². The van der Waals surface area contributed by atoms with Gasteiger partial charge in [0, 0.05) is 12.3 Å². The number of rotatable bonds is 3. The molecule has 0 saturated carbocycles. The maximum absolute atomic E-state index is 5.41.